The smallest absolute Gasteiger partial charge is 0.315 e. The molecular weight excluding hydrogens is 479 g/mol. The summed E-state index contributed by atoms with van der Waals surface area (Å²) in [5.41, 5.74) is 5.49. The van der Waals surface area contributed by atoms with E-state index in [1.165, 1.54) is 4.90 Å². The summed E-state index contributed by atoms with van der Waals surface area (Å²) < 4.78 is 0.334. The zero-order chi connectivity index (χ0) is 19.6. The fourth-order valence-corrected chi connectivity index (χ4v) is 5.58. The molecule has 7 nitrogen and oxygen atoms in total. The second-order valence-corrected chi connectivity index (χ2v) is 9.18. The Labute approximate surface area is 179 Å². The molecule has 0 aromatic rings. The van der Waals surface area contributed by atoms with Crippen molar-refractivity contribution in [1.82, 2.24) is 15.5 Å². The van der Waals surface area contributed by atoms with Gasteiger partial charge in [-0.05, 0) is 32.2 Å². The van der Waals surface area contributed by atoms with Gasteiger partial charge in [0, 0.05) is 24.0 Å². The molecule has 0 aromatic carbocycles. The van der Waals surface area contributed by atoms with E-state index in [2.05, 4.69) is 10.6 Å². The number of urea groups is 1. The first kappa shape index (κ1) is 22.7. The van der Waals surface area contributed by atoms with Gasteiger partial charge in [0.1, 0.15) is 0 Å². The van der Waals surface area contributed by atoms with Crippen LogP contribution in [-0.4, -0.2) is 63.3 Å². The molecule has 0 spiro atoms. The van der Waals surface area contributed by atoms with Crippen molar-refractivity contribution in [1.29, 1.82) is 0 Å². The number of fused-ring (bicyclic) bond motifs is 1. The van der Waals surface area contributed by atoms with E-state index in [1.54, 1.807) is 0 Å². The third-order valence-corrected chi connectivity index (χ3v) is 7.28. The van der Waals surface area contributed by atoms with E-state index in [0.717, 1.165) is 50.7 Å². The normalized spacial score (nSPS) is 23.6. The number of nitrogens with zero attached hydrogens (tertiary/aromatic N) is 1. The van der Waals surface area contributed by atoms with E-state index >= 15 is 0 Å². The Kier molecular flexibility index (Phi) is 10.2. The van der Waals surface area contributed by atoms with Crippen LogP contribution in [0.2, 0.25) is 0 Å². The number of alkyl halides is 1. The average Bonchev–Trinajstić information content (AvgIpc) is 3.20. The topological polar surface area (TPSA) is 105 Å². The quantitative estimate of drug-likeness (QED) is 0.161. The van der Waals surface area contributed by atoms with Crippen LogP contribution in [-0.2, 0) is 9.59 Å². The number of nitrogens with two attached hydrogens (primary N) is 1. The van der Waals surface area contributed by atoms with E-state index in [0.29, 0.717) is 29.2 Å². The minimum absolute atomic E-state index is 0.0525. The maximum atomic E-state index is 12.5. The summed E-state index contributed by atoms with van der Waals surface area (Å²) in [6, 6.07) is 0.388. The molecule has 2 rings (SSSR count). The Morgan fingerprint density at radius 1 is 1.11 bits per heavy atom. The zero-order valence-electron chi connectivity index (χ0n) is 15.8. The Morgan fingerprint density at radius 3 is 2.63 bits per heavy atom. The third kappa shape index (κ3) is 7.08. The minimum Gasteiger partial charge on any atom is -0.332 e. The number of rotatable bonds is 12. The Morgan fingerprint density at radius 2 is 1.89 bits per heavy atom. The summed E-state index contributed by atoms with van der Waals surface area (Å²) in [4.78, 5) is 37.4. The Balaban J connectivity index is 1.66. The van der Waals surface area contributed by atoms with Gasteiger partial charge in [-0.1, -0.05) is 41.9 Å². The second kappa shape index (κ2) is 12.1. The molecule has 4 N–H and O–H groups in total. The van der Waals surface area contributed by atoms with Crippen molar-refractivity contribution in [3.8, 4) is 0 Å². The fourth-order valence-electron chi connectivity index (χ4n) is 3.63. The standard InChI is InChI=1S/C18H31IN4O3S/c19-11-16(25)23(10-6-2-1-5-9-20)15(24)8-4-3-7-14-17-13(12-27-14)21-18(26)22-17/h13-14,17H,1-12,20H2,(H2,21,22,26)/t13-,14-,17-/m0/s1. The number of carbonyl (C=O) groups excluding carboxylic acids is 3. The molecule has 4 amide bonds. The molecule has 0 saturated carbocycles. The van der Waals surface area contributed by atoms with Crippen LogP contribution in [0.5, 0.6) is 0 Å². The molecule has 0 aromatic heterocycles. The first-order valence-electron chi connectivity index (χ1n) is 9.84. The molecule has 0 bridgehead atoms. The van der Waals surface area contributed by atoms with Crippen molar-refractivity contribution < 1.29 is 14.4 Å². The molecule has 2 aliphatic rings. The van der Waals surface area contributed by atoms with Gasteiger partial charge in [0.05, 0.1) is 16.5 Å². The first-order chi connectivity index (χ1) is 13.1. The van der Waals surface area contributed by atoms with Crippen LogP contribution in [0.25, 0.3) is 0 Å². The summed E-state index contributed by atoms with van der Waals surface area (Å²) >= 11 is 3.91. The molecule has 0 radical (unpaired) electrons. The maximum absolute atomic E-state index is 12.5. The van der Waals surface area contributed by atoms with E-state index in [1.807, 2.05) is 34.4 Å². The summed E-state index contributed by atoms with van der Waals surface area (Å²) in [6.45, 7) is 1.21. The number of thioether (sulfide) groups is 1. The summed E-state index contributed by atoms with van der Waals surface area (Å²) in [5.74, 6) is 0.811. The fraction of sp³-hybridized carbons (Fsp3) is 0.833. The predicted molar refractivity (Wildman–Crippen MR) is 117 cm³/mol. The molecule has 2 heterocycles. The highest BCUT2D eigenvalue weighted by atomic mass is 127. The lowest BCUT2D eigenvalue weighted by Crippen LogP contribution is -2.38. The lowest BCUT2D eigenvalue weighted by Gasteiger charge is -2.20. The lowest BCUT2D eigenvalue weighted by molar-refractivity contribution is -0.143. The molecule has 2 aliphatic heterocycles. The van der Waals surface area contributed by atoms with Gasteiger partial charge in [0.2, 0.25) is 11.8 Å². The van der Waals surface area contributed by atoms with Crippen LogP contribution in [0, 0.1) is 0 Å². The highest BCUT2D eigenvalue weighted by molar-refractivity contribution is 14.1. The lowest BCUT2D eigenvalue weighted by atomic mass is 10.0. The summed E-state index contributed by atoms with van der Waals surface area (Å²) in [6.07, 6.45) is 7.01. The Hall–Kier alpha value is -0.550. The van der Waals surface area contributed by atoms with Gasteiger partial charge in [0.25, 0.3) is 0 Å². The van der Waals surface area contributed by atoms with E-state index < -0.39 is 0 Å². The molecule has 154 valence electrons. The predicted octanol–water partition coefficient (Wildman–Crippen LogP) is 2.02. The molecule has 3 atom stereocenters. The number of imide groups is 1. The van der Waals surface area contributed by atoms with Gasteiger partial charge in [-0.3, -0.25) is 14.5 Å². The molecular formula is C18H31IN4O3S. The van der Waals surface area contributed by atoms with Gasteiger partial charge in [-0.2, -0.15) is 11.8 Å². The summed E-state index contributed by atoms with van der Waals surface area (Å²) in [5, 5.41) is 6.35. The van der Waals surface area contributed by atoms with E-state index in [9.17, 15) is 14.4 Å². The highest BCUT2D eigenvalue weighted by Crippen LogP contribution is 2.33. The van der Waals surface area contributed by atoms with Crippen molar-refractivity contribution in [2.45, 2.75) is 68.7 Å². The first-order valence-corrected chi connectivity index (χ1v) is 12.4. The number of unbranched alkanes of at least 4 members (excludes halogenated alkanes) is 4. The SMILES string of the molecule is NCCCCCCN(C(=O)CI)C(=O)CCCC[C@@H]1SC[C@@H]2NC(=O)N[C@@H]21. The van der Waals surface area contributed by atoms with Crippen LogP contribution in [0.4, 0.5) is 4.79 Å². The molecule has 2 saturated heterocycles. The minimum atomic E-state index is -0.0895. The van der Waals surface area contributed by atoms with Crippen molar-refractivity contribution in [3.05, 3.63) is 0 Å². The van der Waals surface area contributed by atoms with Gasteiger partial charge in [-0.25, -0.2) is 4.79 Å². The number of amides is 4. The van der Waals surface area contributed by atoms with Crippen LogP contribution in [0.15, 0.2) is 0 Å². The van der Waals surface area contributed by atoms with Gasteiger partial charge >= 0.3 is 6.03 Å². The second-order valence-electron chi connectivity index (χ2n) is 7.14. The van der Waals surface area contributed by atoms with Gasteiger partial charge < -0.3 is 16.4 Å². The number of carbonyl (C=O) groups is 3. The van der Waals surface area contributed by atoms with Crippen molar-refractivity contribution >= 4 is 52.2 Å². The van der Waals surface area contributed by atoms with E-state index in [4.69, 9.17) is 5.73 Å². The zero-order valence-corrected chi connectivity index (χ0v) is 18.7. The third-order valence-electron chi connectivity index (χ3n) is 5.12. The van der Waals surface area contributed by atoms with Crippen LogP contribution in [0.1, 0.15) is 51.4 Å². The number of hydrogen-bond acceptors (Lipinski definition) is 5. The van der Waals surface area contributed by atoms with Gasteiger partial charge in [0.15, 0.2) is 0 Å². The maximum Gasteiger partial charge on any atom is 0.315 e. The highest BCUT2D eigenvalue weighted by Gasteiger charge is 2.42. The van der Waals surface area contributed by atoms with E-state index in [-0.39, 0.29) is 29.9 Å². The van der Waals surface area contributed by atoms with Crippen LogP contribution >= 0.6 is 34.4 Å². The average molecular weight is 510 g/mol. The summed E-state index contributed by atoms with van der Waals surface area (Å²) in [7, 11) is 0. The van der Waals surface area contributed by atoms with Crippen molar-refractivity contribution in [2.75, 3.05) is 23.3 Å². The number of hydrogen-bond donors (Lipinski definition) is 3. The molecule has 2 fully saturated rings. The molecule has 0 aliphatic carbocycles. The van der Waals surface area contributed by atoms with Crippen molar-refractivity contribution in [3.63, 3.8) is 0 Å². The van der Waals surface area contributed by atoms with Crippen LogP contribution in [0.3, 0.4) is 0 Å². The number of halogens is 1. The number of nitrogens with one attached hydrogen (secondary N) is 2. The van der Waals surface area contributed by atoms with Crippen LogP contribution < -0.4 is 16.4 Å². The largest absolute Gasteiger partial charge is 0.332 e. The molecule has 0 unspecified atom stereocenters. The van der Waals surface area contributed by atoms with Crippen molar-refractivity contribution in [2.24, 2.45) is 5.73 Å². The van der Waals surface area contributed by atoms with Gasteiger partial charge in [-0.15, -0.1) is 0 Å². The molecule has 27 heavy (non-hydrogen) atoms. The molecule has 9 heteroatoms. The Bertz CT molecular complexity index is 523. The monoisotopic (exact) mass is 510 g/mol.